The third-order valence-corrected chi connectivity index (χ3v) is 4.65. The normalized spacial score (nSPS) is 12.7. The lowest BCUT2D eigenvalue weighted by atomic mass is 10.4. The summed E-state index contributed by atoms with van der Waals surface area (Å²) in [4.78, 5) is 27.4. The summed E-state index contributed by atoms with van der Waals surface area (Å²) in [5, 5.41) is 13.7. The molecule has 0 aliphatic heterocycles. The van der Waals surface area contributed by atoms with Crippen LogP contribution in [0.15, 0.2) is 10.9 Å². The fourth-order valence-corrected chi connectivity index (χ4v) is 3.20. The minimum atomic E-state index is -1.03. The zero-order valence-electron chi connectivity index (χ0n) is 10.8. The van der Waals surface area contributed by atoms with Gasteiger partial charge in [0.05, 0.1) is 5.69 Å². The first kappa shape index (κ1) is 14.9. The second-order valence-corrected chi connectivity index (χ2v) is 6.16. The SMILES string of the molecule is CCc1nn2c(=O)cc(CSC[C@@H](N)C(=O)O)nc2s1. The molecular weight excluding hydrogens is 300 g/mol. The van der Waals surface area contributed by atoms with E-state index >= 15 is 0 Å². The highest BCUT2D eigenvalue weighted by molar-refractivity contribution is 7.98. The molecule has 0 unspecified atom stereocenters. The van der Waals surface area contributed by atoms with Gasteiger partial charge in [-0.2, -0.15) is 21.4 Å². The quantitative estimate of drug-likeness (QED) is 0.792. The van der Waals surface area contributed by atoms with Crippen molar-refractivity contribution in [3.05, 3.63) is 27.1 Å². The molecule has 0 radical (unpaired) electrons. The number of fused-ring (bicyclic) bond motifs is 1. The van der Waals surface area contributed by atoms with E-state index in [1.807, 2.05) is 6.92 Å². The van der Waals surface area contributed by atoms with Crippen molar-refractivity contribution in [2.75, 3.05) is 5.75 Å². The van der Waals surface area contributed by atoms with Gasteiger partial charge in [0, 0.05) is 17.6 Å². The smallest absolute Gasteiger partial charge is 0.321 e. The van der Waals surface area contributed by atoms with E-state index in [-0.39, 0.29) is 11.3 Å². The number of nitrogens with two attached hydrogens (primary N) is 1. The minimum Gasteiger partial charge on any atom is -0.480 e. The molecule has 0 spiro atoms. The van der Waals surface area contributed by atoms with Gasteiger partial charge in [0.25, 0.3) is 5.56 Å². The summed E-state index contributed by atoms with van der Waals surface area (Å²) in [6, 6.07) is 0.519. The zero-order valence-corrected chi connectivity index (χ0v) is 12.4. The molecule has 108 valence electrons. The number of thioether (sulfide) groups is 1. The molecule has 0 bridgehead atoms. The Labute approximate surface area is 122 Å². The van der Waals surface area contributed by atoms with Crippen molar-refractivity contribution in [2.24, 2.45) is 5.73 Å². The van der Waals surface area contributed by atoms with Gasteiger partial charge in [-0.25, -0.2) is 4.98 Å². The lowest BCUT2D eigenvalue weighted by Gasteiger charge is -2.05. The van der Waals surface area contributed by atoms with Crippen molar-refractivity contribution in [2.45, 2.75) is 25.1 Å². The first-order chi connectivity index (χ1) is 9.51. The Morgan fingerprint density at radius 2 is 2.40 bits per heavy atom. The van der Waals surface area contributed by atoms with Gasteiger partial charge in [0.15, 0.2) is 0 Å². The average Bonchev–Trinajstić information content (AvgIpc) is 2.82. The molecule has 2 aromatic rings. The summed E-state index contributed by atoms with van der Waals surface area (Å²) >= 11 is 2.72. The lowest BCUT2D eigenvalue weighted by Crippen LogP contribution is -2.32. The summed E-state index contributed by atoms with van der Waals surface area (Å²) in [7, 11) is 0. The lowest BCUT2D eigenvalue weighted by molar-refractivity contribution is -0.137. The van der Waals surface area contributed by atoms with E-state index in [0.717, 1.165) is 11.4 Å². The fraction of sp³-hybridized carbons (Fsp3) is 0.455. The van der Waals surface area contributed by atoms with Crippen LogP contribution in [-0.4, -0.2) is 37.5 Å². The summed E-state index contributed by atoms with van der Waals surface area (Å²) in [6.07, 6.45) is 0.755. The van der Waals surface area contributed by atoms with Gasteiger partial charge in [-0.3, -0.25) is 9.59 Å². The van der Waals surface area contributed by atoms with Gasteiger partial charge in [0.2, 0.25) is 4.96 Å². The number of carboxylic acid groups (broad SMARTS) is 1. The molecule has 3 N–H and O–H groups in total. The van der Waals surface area contributed by atoms with Gasteiger partial charge >= 0.3 is 5.97 Å². The predicted molar refractivity (Wildman–Crippen MR) is 78.3 cm³/mol. The van der Waals surface area contributed by atoms with Crippen LogP contribution in [0, 0.1) is 0 Å². The molecule has 1 atom stereocenters. The molecule has 2 aromatic heterocycles. The van der Waals surface area contributed by atoms with Crippen LogP contribution in [-0.2, 0) is 17.0 Å². The van der Waals surface area contributed by atoms with E-state index in [4.69, 9.17) is 10.8 Å². The molecule has 0 amide bonds. The molecule has 20 heavy (non-hydrogen) atoms. The molecule has 0 saturated carbocycles. The monoisotopic (exact) mass is 314 g/mol. The first-order valence-electron chi connectivity index (χ1n) is 5.96. The third kappa shape index (κ3) is 3.35. The van der Waals surface area contributed by atoms with Crippen LogP contribution >= 0.6 is 23.1 Å². The molecule has 2 heterocycles. The minimum absolute atomic E-state index is 0.218. The van der Waals surface area contributed by atoms with Crippen LogP contribution in [0.3, 0.4) is 0 Å². The highest BCUT2D eigenvalue weighted by Crippen LogP contribution is 2.15. The predicted octanol–water partition coefficient (Wildman–Crippen LogP) is 0.359. The van der Waals surface area contributed by atoms with E-state index in [1.165, 1.54) is 33.7 Å². The Morgan fingerprint density at radius 3 is 3.05 bits per heavy atom. The average molecular weight is 314 g/mol. The second-order valence-electron chi connectivity index (χ2n) is 4.09. The Bertz CT molecular complexity index is 682. The molecule has 7 nitrogen and oxygen atoms in total. The maximum absolute atomic E-state index is 11.9. The van der Waals surface area contributed by atoms with E-state index < -0.39 is 12.0 Å². The van der Waals surface area contributed by atoms with Crippen molar-refractivity contribution < 1.29 is 9.90 Å². The van der Waals surface area contributed by atoms with E-state index in [9.17, 15) is 9.59 Å². The van der Waals surface area contributed by atoms with Crippen LogP contribution in [0.25, 0.3) is 4.96 Å². The summed E-state index contributed by atoms with van der Waals surface area (Å²) in [6.45, 7) is 1.97. The number of rotatable bonds is 6. The maximum atomic E-state index is 11.9. The molecule has 0 fully saturated rings. The Kier molecular flexibility index (Phi) is 4.73. The van der Waals surface area contributed by atoms with E-state index in [1.54, 1.807) is 0 Å². The van der Waals surface area contributed by atoms with Crippen molar-refractivity contribution in [1.29, 1.82) is 0 Å². The molecule has 0 saturated heterocycles. The Balaban J connectivity index is 2.11. The third-order valence-electron chi connectivity index (χ3n) is 2.51. The van der Waals surface area contributed by atoms with Crippen LogP contribution in [0.2, 0.25) is 0 Å². The zero-order chi connectivity index (χ0) is 14.7. The van der Waals surface area contributed by atoms with Crippen molar-refractivity contribution in [3.63, 3.8) is 0 Å². The molecule has 2 rings (SSSR count). The molecule has 0 aliphatic carbocycles. The number of aromatic nitrogens is 3. The number of nitrogens with zero attached hydrogens (tertiary/aromatic N) is 3. The van der Waals surface area contributed by atoms with Crippen molar-refractivity contribution in [1.82, 2.24) is 14.6 Å². The van der Waals surface area contributed by atoms with Crippen LogP contribution in [0.5, 0.6) is 0 Å². The second kappa shape index (κ2) is 6.33. The standard InChI is InChI=1S/C11H14N4O3S2/c1-2-8-14-15-9(16)3-6(13-11(15)20-8)4-19-5-7(12)10(17)18/h3,7H,2,4-5,12H2,1H3,(H,17,18)/t7-/m1/s1. The van der Waals surface area contributed by atoms with Gasteiger partial charge in [0.1, 0.15) is 11.0 Å². The Hall–Kier alpha value is -1.45. The summed E-state index contributed by atoms with van der Waals surface area (Å²) < 4.78 is 1.29. The van der Waals surface area contributed by atoms with E-state index in [2.05, 4.69) is 10.1 Å². The van der Waals surface area contributed by atoms with Crippen molar-refractivity contribution >= 4 is 34.0 Å². The molecule has 0 aromatic carbocycles. The number of aryl methyl sites for hydroxylation is 1. The number of aliphatic carboxylic acids is 1. The van der Waals surface area contributed by atoms with E-state index in [0.29, 0.717) is 16.4 Å². The highest BCUT2D eigenvalue weighted by atomic mass is 32.2. The van der Waals surface area contributed by atoms with Crippen LogP contribution < -0.4 is 11.3 Å². The largest absolute Gasteiger partial charge is 0.480 e. The summed E-state index contributed by atoms with van der Waals surface area (Å²) in [5.41, 5.74) is 5.80. The fourth-order valence-electron chi connectivity index (χ4n) is 1.47. The highest BCUT2D eigenvalue weighted by Gasteiger charge is 2.12. The Morgan fingerprint density at radius 1 is 1.65 bits per heavy atom. The molecular formula is C11H14N4O3S2. The van der Waals surface area contributed by atoms with Gasteiger partial charge < -0.3 is 10.8 Å². The molecule has 0 aliphatic rings. The first-order valence-corrected chi connectivity index (χ1v) is 7.93. The van der Waals surface area contributed by atoms with Crippen molar-refractivity contribution in [3.8, 4) is 0 Å². The molecule has 9 heteroatoms. The topological polar surface area (TPSA) is 111 Å². The number of carboxylic acids is 1. The van der Waals surface area contributed by atoms with Gasteiger partial charge in [-0.05, 0) is 6.42 Å². The van der Waals surface area contributed by atoms with Crippen LogP contribution in [0.1, 0.15) is 17.6 Å². The number of hydrogen-bond acceptors (Lipinski definition) is 7. The van der Waals surface area contributed by atoms with Gasteiger partial charge in [-0.15, -0.1) is 0 Å². The number of carbonyl (C=O) groups is 1. The summed E-state index contributed by atoms with van der Waals surface area (Å²) in [5.74, 6) is -0.304. The van der Waals surface area contributed by atoms with Gasteiger partial charge in [-0.1, -0.05) is 18.3 Å². The maximum Gasteiger partial charge on any atom is 0.321 e. The van der Waals surface area contributed by atoms with Crippen LogP contribution in [0.4, 0.5) is 0 Å². The number of hydrogen-bond donors (Lipinski definition) is 2.